The Morgan fingerprint density at radius 3 is 2.29 bits per heavy atom. The van der Waals surface area contributed by atoms with Gasteiger partial charge in [-0.25, -0.2) is 4.39 Å². The molecule has 1 heterocycles. The Morgan fingerprint density at radius 1 is 1.00 bits per heavy atom. The van der Waals surface area contributed by atoms with Crippen LogP contribution in [-0.2, 0) is 16.0 Å². The summed E-state index contributed by atoms with van der Waals surface area (Å²) in [6.45, 7) is 0. The van der Waals surface area contributed by atoms with Gasteiger partial charge in [-0.05, 0) is 60.2 Å². The number of nitrogens with one attached hydrogen (secondary N) is 1. The SMILES string of the molecule is COc1cc([C@@H](C(=O)NC2CCCCC2)N(C(=O)Cc2cccs2)c2cccc(F)c2)cc(OC)c1OC. The van der Waals surface area contributed by atoms with Gasteiger partial charge < -0.3 is 19.5 Å². The number of anilines is 1. The van der Waals surface area contributed by atoms with Crippen molar-refractivity contribution in [3.63, 3.8) is 0 Å². The van der Waals surface area contributed by atoms with Crippen LogP contribution >= 0.6 is 11.3 Å². The van der Waals surface area contributed by atoms with Crippen LogP contribution in [0.4, 0.5) is 10.1 Å². The highest BCUT2D eigenvalue weighted by atomic mass is 32.1. The lowest BCUT2D eigenvalue weighted by Gasteiger charge is -2.34. The maximum atomic E-state index is 14.5. The number of carbonyl (C=O) groups is 2. The Hall–Kier alpha value is -3.59. The summed E-state index contributed by atoms with van der Waals surface area (Å²) in [5.74, 6) is -0.129. The molecule has 1 aromatic heterocycles. The molecule has 0 saturated heterocycles. The Morgan fingerprint density at radius 2 is 1.71 bits per heavy atom. The summed E-state index contributed by atoms with van der Waals surface area (Å²) in [4.78, 5) is 30.2. The smallest absolute Gasteiger partial charge is 0.248 e. The molecule has 0 aliphatic heterocycles. The highest BCUT2D eigenvalue weighted by Crippen LogP contribution is 2.42. The molecular weight excluding hydrogens is 507 g/mol. The van der Waals surface area contributed by atoms with Crippen molar-refractivity contribution < 1.29 is 28.2 Å². The summed E-state index contributed by atoms with van der Waals surface area (Å²) in [5.41, 5.74) is 0.737. The topological polar surface area (TPSA) is 77.1 Å². The number of rotatable bonds is 10. The van der Waals surface area contributed by atoms with Crippen molar-refractivity contribution >= 4 is 28.8 Å². The first-order chi connectivity index (χ1) is 18.4. The lowest BCUT2D eigenvalue weighted by molar-refractivity contribution is -0.127. The molecule has 1 fully saturated rings. The predicted octanol–water partition coefficient (Wildman–Crippen LogP) is 5.68. The molecule has 0 bridgehead atoms. The minimum absolute atomic E-state index is 0.00236. The van der Waals surface area contributed by atoms with Crippen LogP contribution < -0.4 is 24.4 Å². The monoisotopic (exact) mass is 540 g/mol. The molecule has 38 heavy (non-hydrogen) atoms. The number of carbonyl (C=O) groups excluding carboxylic acids is 2. The van der Waals surface area contributed by atoms with E-state index in [0.29, 0.717) is 22.8 Å². The van der Waals surface area contributed by atoms with Crippen molar-refractivity contribution in [3.8, 4) is 17.2 Å². The number of hydrogen-bond acceptors (Lipinski definition) is 6. The van der Waals surface area contributed by atoms with E-state index in [9.17, 15) is 14.0 Å². The zero-order valence-electron chi connectivity index (χ0n) is 21.9. The Kier molecular flexibility index (Phi) is 9.23. The van der Waals surface area contributed by atoms with Gasteiger partial charge in [0, 0.05) is 16.6 Å². The van der Waals surface area contributed by atoms with Crippen LogP contribution in [0.1, 0.15) is 48.6 Å². The Balaban J connectivity index is 1.85. The Labute approximate surface area is 226 Å². The van der Waals surface area contributed by atoms with Gasteiger partial charge >= 0.3 is 0 Å². The fourth-order valence-corrected chi connectivity index (χ4v) is 5.61. The highest BCUT2D eigenvalue weighted by Gasteiger charge is 2.35. The molecule has 1 aliphatic rings. The number of benzene rings is 2. The van der Waals surface area contributed by atoms with Crippen molar-refractivity contribution in [1.82, 2.24) is 5.32 Å². The van der Waals surface area contributed by atoms with E-state index in [0.717, 1.165) is 37.0 Å². The van der Waals surface area contributed by atoms with Gasteiger partial charge in [-0.2, -0.15) is 0 Å². The van der Waals surface area contributed by atoms with Crippen molar-refractivity contribution in [2.24, 2.45) is 0 Å². The third-order valence-corrected chi connectivity index (χ3v) is 7.60. The summed E-state index contributed by atoms with van der Waals surface area (Å²) in [7, 11) is 4.48. The highest BCUT2D eigenvalue weighted by molar-refractivity contribution is 7.10. The van der Waals surface area contributed by atoms with Gasteiger partial charge in [0.25, 0.3) is 0 Å². The van der Waals surface area contributed by atoms with E-state index in [1.807, 2.05) is 17.5 Å². The number of hydrogen-bond donors (Lipinski definition) is 1. The van der Waals surface area contributed by atoms with Gasteiger partial charge in [0.2, 0.25) is 17.6 Å². The average molecular weight is 541 g/mol. The molecule has 1 atom stereocenters. The zero-order chi connectivity index (χ0) is 27.1. The van der Waals surface area contributed by atoms with Crippen LogP contribution in [0, 0.1) is 5.82 Å². The molecule has 2 aromatic carbocycles. The lowest BCUT2D eigenvalue weighted by Crippen LogP contribution is -2.47. The first kappa shape index (κ1) is 27.4. The predicted molar refractivity (Wildman–Crippen MR) is 146 cm³/mol. The van der Waals surface area contributed by atoms with Crippen LogP contribution in [0.3, 0.4) is 0 Å². The van der Waals surface area contributed by atoms with Crippen LogP contribution in [0.25, 0.3) is 0 Å². The minimum atomic E-state index is -1.11. The molecule has 1 aliphatic carbocycles. The maximum Gasteiger partial charge on any atom is 0.248 e. The van der Waals surface area contributed by atoms with E-state index in [2.05, 4.69) is 5.32 Å². The van der Waals surface area contributed by atoms with Crippen molar-refractivity contribution in [2.75, 3.05) is 26.2 Å². The average Bonchev–Trinajstić information content (AvgIpc) is 3.44. The fourth-order valence-electron chi connectivity index (χ4n) is 4.91. The number of ether oxygens (including phenoxy) is 3. The molecule has 202 valence electrons. The van der Waals surface area contributed by atoms with Gasteiger partial charge in [-0.15, -0.1) is 11.3 Å². The van der Waals surface area contributed by atoms with E-state index < -0.39 is 11.9 Å². The van der Waals surface area contributed by atoms with Gasteiger partial charge in [0.05, 0.1) is 27.8 Å². The second-order valence-corrected chi connectivity index (χ2v) is 10.2. The normalized spacial score (nSPS) is 14.4. The van der Waals surface area contributed by atoms with E-state index in [1.165, 1.54) is 55.8 Å². The van der Waals surface area contributed by atoms with Crippen molar-refractivity contribution in [2.45, 2.75) is 50.6 Å². The number of amides is 2. The second-order valence-electron chi connectivity index (χ2n) is 9.20. The summed E-state index contributed by atoms with van der Waals surface area (Å²) >= 11 is 1.45. The molecular formula is C29H33FN2O5S. The molecule has 0 spiro atoms. The molecule has 0 unspecified atom stereocenters. The molecule has 0 radical (unpaired) electrons. The summed E-state index contributed by atoms with van der Waals surface area (Å²) in [6, 6.07) is 11.7. The summed E-state index contributed by atoms with van der Waals surface area (Å²) in [5, 5.41) is 5.05. The van der Waals surface area contributed by atoms with Gasteiger partial charge in [-0.1, -0.05) is 31.4 Å². The van der Waals surface area contributed by atoms with Gasteiger partial charge in [-0.3, -0.25) is 14.5 Å². The van der Waals surface area contributed by atoms with Crippen LogP contribution in [0.2, 0.25) is 0 Å². The maximum absolute atomic E-state index is 14.5. The van der Waals surface area contributed by atoms with E-state index in [-0.39, 0.29) is 30.0 Å². The third-order valence-electron chi connectivity index (χ3n) is 6.72. The molecule has 1 N–H and O–H groups in total. The van der Waals surface area contributed by atoms with Crippen LogP contribution in [-0.4, -0.2) is 39.2 Å². The summed E-state index contributed by atoms with van der Waals surface area (Å²) < 4.78 is 31.0. The number of thiophene rings is 1. The third kappa shape index (κ3) is 6.27. The molecule has 3 aromatic rings. The van der Waals surface area contributed by atoms with Crippen LogP contribution in [0.15, 0.2) is 53.9 Å². The van der Waals surface area contributed by atoms with E-state index >= 15 is 0 Å². The van der Waals surface area contributed by atoms with Gasteiger partial charge in [0.1, 0.15) is 11.9 Å². The largest absolute Gasteiger partial charge is 0.493 e. The second kappa shape index (κ2) is 12.8. The lowest BCUT2D eigenvalue weighted by atomic mass is 9.94. The van der Waals surface area contributed by atoms with Crippen molar-refractivity contribution in [1.29, 1.82) is 0 Å². The van der Waals surface area contributed by atoms with E-state index in [1.54, 1.807) is 18.2 Å². The molecule has 1 saturated carbocycles. The van der Waals surface area contributed by atoms with E-state index in [4.69, 9.17) is 14.2 Å². The van der Waals surface area contributed by atoms with Gasteiger partial charge in [0.15, 0.2) is 11.5 Å². The number of halogens is 1. The molecule has 9 heteroatoms. The quantitative estimate of drug-likeness (QED) is 0.358. The Bertz CT molecular complexity index is 1220. The first-order valence-corrected chi connectivity index (χ1v) is 13.5. The minimum Gasteiger partial charge on any atom is -0.493 e. The molecule has 7 nitrogen and oxygen atoms in total. The fraction of sp³-hybridized carbons (Fsp3) is 0.379. The molecule has 4 rings (SSSR count). The number of methoxy groups -OCH3 is 3. The number of nitrogens with zero attached hydrogens (tertiary/aromatic N) is 1. The van der Waals surface area contributed by atoms with Crippen LogP contribution in [0.5, 0.6) is 17.2 Å². The first-order valence-electron chi connectivity index (χ1n) is 12.7. The molecule has 2 amide bonds. The zero-order valence-corrected chi connectivity index (χ0v) is 22.7. The van der Waals surface area contributed by atoms with Crippen molar-refractivity contribution in [3.05, 3.63) is 70.2 Å². The standard InChI is InChI=1S/C29H33FN2O5S/c1-35-24-15-19(16-25(36-2)28(24)37-3)27(29(34)31-21-10-5-4-6-11-21)32(22-12-7-9-20(30)17-22)26(33)18-23-13-8-14-38-23/h7-9,12-17,21,27H,4-6,10-11,18H2,1-3H3,(H,31,34)/t27-/m0/s1. The summed E-state index contributed by atoms with van der Waals surface area (Å²) in [6.07, 6.45) is 5.01.